The molecule has 9 heteroatoms. The molecule has 2 amide bonds. The van der Waals surface area contributed by atoms with Gasteiger partial charge in [-0.05, 0) is 61.7 Å². The van der Waals surface area contributed by atoms with Crippen LogP contribution >= 0.6 is 23.1 Å². The van der Waals surface area contributed by atoms with E-state index in [0.29, 0.717) is 32.6 Å². The topological polar surface area (TPSA) is 93.2 Å². The third-order valence-corrected chi connectivity index (χ3v) is 5.65. The smallest absolute Gasteiger partial charge is 0.255 e. The summed E-state index contributed by atoms with van der Waals surface area (Å²) in [5.74, 6) is 0.201. The quantitative estimate of drug-likeness (QED) is 0.571. The lowest BCUT2D eigenvalue weighted by Crippen LogP contribution is -2.25. The molecule has 4 rings (SSSR count). The molecular weight excluding hydrogens is 424 g/mol. The Morgan fingerprint density at radius 1 is 1.13 bits per heavy atom. The van der Waals surface area contributed by atoms with Crippen molar-refractivity contribution in [1.82, 2.24) is 14.9 Å². The predicted octanol–water partition coefficient (Wildman–Crippen LogP) is 4.22. The number of hydrogen-bond donors (Lipinski definition) is 2. The van der Waals surface area contributed by atoms with Crippen molar-refractivity contribution in [2.75, 3.05) is 5.32 Å². The van der Waals surface area contributed by atoms with E-state index in [2.05, 4.69) is 20.2 Å². The van der Waals surface area contributed by atoms with Crippen molar-refractivity contribution in [3.05, 3.63) is 69.2 Å². The number of rotatable bonds is 7. The van der Waals surface area contributed by atoms with Crippen LogP contribution < -0.4 is 15.4 Å². The molecule has 1 aromatic heterocycles. The SMILES string of the molecule is Cc1ccc(C(=O)NC2CC2)cc1NC(=O)c1ccc(OCc2nnsc2Cl)cc1. The van der Waals surface area contributed by atoms with E-state index in [4.69, 9.17) is 16.3 Å². The molecular formula is C21H19ClN4O3S. The Morgan fingerprint density at radius 2 is 1.87 bits per heavy atom. The Balaban J connectivity index is 1.39. The molecule has 0 bridgehead atoms. The van der Waals surface area contributed by atoms with Crippen LogP contribution in [0.5, 0.6) is 5.75 Å². The molecule has 7 nitrogen and oxygen atoms in total. The average Bonchev–Trinajstić information content (AvgIpc) is 3.46. The van der Waals surface area contributed by atoms with E-state index in [1.807, 2.05) is 13.0 Å². The highest BCUT2D eigenvalue weighted by Gasteiger charge is 2.24. The van der Waals surface area contributed by atoms with Gasteiger partial charge in [-0.25, -0.2) is 0 Å². The molecule has 1 aliphatic rings. The van der Waals surface area contributed by atoms with Crippen LogP contribution in [-0.4, -0.2) is 27.4 Å². The van der Waals surface area contributed by atoms with Crippen molar-refractivity contribution in [3.8, 4) is 5.75 Å². The van der Waals surface area contributed by atoms with Crippen LogP contribution in [0.15, 0.2) is 42.5 Å². The number of aromatic nitrogens is 2. The first-order chi connectivity index (χ1) is 14.5. The number of ether oxygens (including phenoxy) is 1. The Kier molecular flexibility index (Phi) is 5.96. The maximum Gasteiger partial charge on any atom is 0.255 e. The summed E-state index contributed by atoms with van der Waals surface area (Å²) in [5, 5.41) is 9.72. The summed E-state index contributed by atoms with van der Waals surface area (Å²) in [7, 11) is 0. The van der Waals surface area contributed by atoms with Gasteiger partial charge in [0.05, 0.1) is 0 Å². The van der Waals surface area contributed by atoms with E-state index in [9.17, 15) is 9.59 Å². The normalized spacial score (nSPS) is 13.0. The van der Waals surface area contributed by atoms with Gasteiger partial charge in [0, 0.05) is 34.4 Å². The Hall–Kier alpha value is -2.97. The van der Waals surface area contributed by atoms with E-state index in [1.54, 1.807) is 36.4 Å². The van der Waals surface area contributed by atoms with Crippen LogP contribution in [0.1, 0.15) is 44.8 Å². The second-order valence-electron chi connectivity index (χ2n) is 7.04. The van der Waals surface area contributed by atoms with Crippen molar-refractivity contribution in [2.24, 2.45) is 0 Å². The lowest BCUT2D eigenvalue weighted by molar-refractivity contribution is 0.0949. The third-order valence-electron chi connectivity index (χ3n) is 4.66. The Morgan fingerprint density at radius 3 is 2.53 bits per heavy atom. The van der Waals surface area contributed by atoms with Gasteiger partial charge in [-0.15, -0.1) is 5.10 Å². The molecule has 0 unspecified atom stereocenters. The number of nitrogens with one attached hydrogen (secondary N) is 2. The average molecular weight is 443 g/mol. The molecule has 1 aliphatic carbocycles. The van der Waals surface area contributed by atoms with Crippen molar-refractivity contribution in [1.29, 1.82) is 0 Å². The fourth-order valence-electron chi connectivity index (χ4n) is 2.73. The van der Waals surface area contributed by atoms with Crippen molar-refractivity contribution in [2.45, 2.75) is 32.4 Å². The third kappa shape index (κ3) is 4.95. The van der Waals surface area contributed by atoms with Gasteiger partial charge in [-0.1, -0.05) is 22.2 Å². The Bertz CT molecular complexity index is 1080. The van der Waals surface area contributed by atoms with Crippen LogP contribution in [0.25, 0.3) is 0 Å². The van der Waals surface area contributed by atoms with E-state index in [0.717, 1.165) is 29.9 Å². The molecule has 2 aromatic carbocycles. The highest BCUT2D eigenvalue weighted by molar-refractivity contribution is 7.10. The van der Waals surface area contributed by atoms with Crippen LogP contribution in [0, 0.1) is 6.92 Å². The number of anilines is 1. The van der Waals surface area contributed by atoms with E-state index < -0.39 is 0 Å². The molecule has 0 aliphatic heterocycles. The molecule has 1 saturated carbocycles. The summed E-state index contributed by atoms with van der Waals surface area (Å²) < 4.78 is 9.87. The molecule has 1 fully saturated rings. The molecule has 0 atom stereocenters. The van der Waals surface area contributed by atoms with Crippen molar-refractivity contribution >= 4 is 40.6 Å². The number of halogens is 1. The van der Waals surface area contributed by atoms with Gasteiger partial charge in [0.1, 0.15) is 22.4 Å². The summed E-state index contributed by atoms with van der Waals surface area (Å²) >= 11 is 7.06. The van der Waals surface area contributed by atoms with Crippen molar-refractivity contribution < 1.29 is 14.3 Å². The van der Waals surface area contributed by atoms with Gasteiger partial charge in [0.25, 0.3) is 11.8 Å². The molecule has 154 valence electrons. The first kappa shape index (κ1) is 20.3. The fraction of sp³-hybridized carbons (Fsp3) is 0.238. The molecule has 1 heterocycles. The van der Waals surface area contributed by atoms with Gasteiger partial charge in [0.2, 0.25) is 0 Å². The van der Waals surface area contributed by atoms with Gasteiger partial charge < -0.3 is 15.4 Å². The second-order valence-corrected chi connectivity index (χ2v) is 8.39. The molecule has 30 heavy (non-hydrogen) atoms. The monoisotopic (exact) mass is 442 g/mol. The lowest BCUT2D eigenvalue weighted by atomic mass is 10.1. The summed E-state index contributed by atoms with van der Waals surface area (Å²) in [6, 6.07) is 12.3. The highest BCUT2D eigenvalue weighted by atomic mass is 35.5. The zero-order valence-electron chi connectivity index (χ0n) is 16.1. The van der Waals surface area contributed by atoms with Crippen LogP contribution in [0.4, 0.5) is 5.69 Å². The minimum atomic E-state index is -0.267. The summed E-state index contributed by atoms with van der Waals surface area (Å²) in [4.78, 5) is 24.9. The molecule has 0 radical (unpaired) electrons. The largest absolute Gasteiger partial charge is 0.487 e. The fourth-order valence-corrected chi connectivity index (χ4v) is 3.33. The summed E-state index contributed by atoms with van der Waals surface area (Å²) in [5.41, 5.74) is 3.06. The van der Waals surface area contributed by atoms with Gasteiger partial charge in [0.15, 0.2) is 0 Å². The minimum absolute atomic E-state index is 0.120. The number of carbonyl (C=O) groups excluding carboxylic acids is 2. The number of hydrogen-bond acceptors (Lipinski definition) is 6. The number of amides is 2. The van der Waals surface area contributed by atoms with Gasteiger partial charge in [-0.2, -0.15) is 0 Å². The summed E-state index contributed by atoms with van der Waals surface area (Å²) in [6.45, 7) is 2.09. The van der Waals surface area contributed by atoms with Crippen LogP contribution in [0.3, 0.4) is 0 Å². The first-order valence-electron chi connectivity index (χ1n) is 9.42. The molecule has 2 N–H and O–H groups in total. The van der Waals surface area contributed by atoms with E-state index in [1.165, 1.54) is 0 Å². The van der Waals surface area contributed by atoms with Gasteiger partial charge >= 0.3 is 0 Å². The maximum atomic E-state index is 12.6. The lowest BCUT2D eigenvalue weighted by Gasteiger charge is -2.11. The first-order valence-corrected chi connectivity index (χ1v) is 10.6. The number of carbonyl (C=O) groups is 2. The Labute approximate surface area is 182 Å². The van der Waals surface area contributed by atoms with E-state index >= 15 is 0 Å². The zero-order valence-corrected chi connectivity index (χ0v) is 17.7. The van der Waals surface area contributed by atoms with Crippen molar-refractivity contribution in [3.63, 3.8) is 0 Å². The van der Waals surface area contributed by atoms with Gasteiger partial charge in [-0.3, -0.25) is 9.59 Å². The number of aryl methyl sites for hydroxylation is 1. The number of nitrogens with zero attached hydrogens (tertiary/aromatic N) is 2. The number of benzene rings is 2. The standard InChI is InChI=1S/C21H19ClN4O3S/c1-12-2-3-14(21(28)23-15-6-7-15)10-17(12)24-20(27)13-4-8-16(9-5-13)29-11-18-19(22)30-26-25-18/h2-5,8-10,15H,6-7,11H2,1H3,(H,23,28)(H,24,27). The minimum Gasteiger partial charge on any atom is -0.487 e. The molecule has 0 saturated heterocycles. The highest BCUT2D eigenvalue weighted by Crippen LogP contribution is 2.23. The van der Waals surface area contributed by atoms with E-state index in [-0.39, 0.29) is 24.5 Å². The van der Waals surface area contributed by atoms with Crippen LogP contribution in [0.2, 0.25) is 4.34 Å². The second kappa shape index (κ2) is 8.81. The summed E-state index contributed by atoms with van der Waals surface area (Å²) in [6.07, 6.45) is 2.04. The predicted molar refractivity (Wildman–Crippen MR) is 115 cm³/mol. The zero-order chi connectivity index (χ0) is 21.1. The molecule has 3 aromatic rings. The molecule has 0 spiro atoms. The maximum absolute atomic E-state index is 12.6. The van der Waals surface area contributed by atoms with Crippen LogP contribution in [-0.2, 0) is 6.61 Å².